The highest BCUT2D eigenvalue weighted by molar-refractivity contribution is 4.75. The summed E-state index contributed by atoms with van der Waals surface area (Å²) in [7, 11) is 0. The molecule has 0 amide bonds. The molecule has 0 aromatic carbocycles. The zero-order valence-electron chi connectivity index (χ0n) is 6.80. The maximum atomic E-state index is 5.16. The van der Waals surface area contributed by atoms with Gasteiger partial charge in [-0.1, -0.05) is 12.2 Å². The van der Waals surface area contributed by atoms with Crippen molar-refractivity contribution in [2.75, 3.05) is 26.4 Å². The van der Waals surface area contributed by atoms with Crippen LogP contribution in [0, 0.1) is 0 Å². The third-order valence-electron chi connectivity index (χ3n) is 1.03. The first kappa shape index (κ1) is 9.66. The molecule has 0 heterocycles. The molecule has 2 nitrogen and oxygen atoms in total. The second kappa shape index (κ2) is 8.66. The molecular formula is C8H16O2. The van der Waals surface area contributed by atoms with E-state index in [1.165, 1.54) is 0 Å². The van der Waals surface area contributed by atoms with Gasteiger partial charge in [0.15, 0.2) is 0 Å². The number of hydrogen-bond donors (Lipinski definition) is 0. The van der Waals surface area contributed by atoms with Crippen LogP contribution in [0.15, 0.2) is 12.2 Å². The van der Waals surface area contributed by atoms with Crippen molar-refractivity contribution >= 4 is 0 Å². The van der Waals surface area contributed by atoms with E-state index < -0.39 is 0 Å². The van der Waals surface area contributed by atoms with Crippen molar-refractivity contribution in [3.05, 3.63) is 12.2 Å². The van der Waals surface area contributed by atoms with Crippen LogP contribution < -0.4 is 0 Å². The molecule has 0 bridgehead atoms. The average Bonchev–Trinajstić information content (AvgIpc) is 1.97. The smallest absolute Gasteiger partial charge is 0.0704 e. The summed E-state index contributed by atoms with van der Waals surface area (Å²) in [5, 5.41) is 0. The van der Waals surface area contributed by atoms with E-state index in [2.05, 4.69) is 0 Å². The molecular weight excluding hydrogens is 128 g/mol. The first-order valence-electron chi connectivity index (χ1n) is 3.68. The fourth-order valence-corrected chi connectivity index (χ4v) is 0.510. The molecule has 0 N–H and O–H groups in total. The Morgan fingerprint density at radius 2 is 1.90 bits per heavy atom. The van der Waals surface area contributed by atoms with Gasteiger partial charge in [0.05, 0.1) is 19.8 Å². The van der Waals surface area contributed by atoms with Crippen LogP contribution in [0.2, 0.25) is 0 Å². The second-order valence-corrected chi connectivity index (χ2v) is 1.84. The molecule has 60 valence electrons. The number of rotatable bonds is 6. The van der Waals surface area contributed by atoms with E-state index in [1.54, 1.807) is 0 Å². The van der Waals surface area contributed by atoms with Gasteiger partial charge in [0.1, 0.15) is 0 Å². The Bertz CT molecular complexity index is 79.3. The standard InChI is InChI=1S/C8H16O2/c1-3-5-6-10-8-7-9-4-2/h3,5H,4,6-8H2,1-2H3. The van der Waals surface area contributed by atoms with Gasteiger partial charge in [0.2, 0.25) is 0 Å². The Morgan fingerprint density at radius 1 is 1.20 bits per heavy atom. The van der Waals surface area contributed by atoms with Gasteiger partial charge in [-0.2, -0.15) is 0 Å². The molecule has 0 atom stereocenters. The number of hydrogen-bond acceptors (Lipinski definition) is 2. The SMILES string of the molecule is CC=CCOCCOCC. The van der Waals surface area contributed by atoms with Gasteiger partial charge < -0.3 is 9.47 Å². The van der Waals surface area contributed by atoms with E-state index in [9.17, 15) is 0 Å². The fourth-order valence-electron chi connectivity index (χ4n) is 0.510. The van der Waals surface area contributed by atoms with E-state index >= 15 is 0 Å². The van der Waals surface area contributed by atoms with Crippen LogP contribution in [0.25, 0.3) is 0 Å². The molecule has 0 unspecified atom stereocenters. The van der Waals surface area contributed by atoms with Gasteiger partial charge in [-0.3, -0.25) is 0 Å². The highest BCUT2D eigenvalue weighted by atomic mass is 16.5. The number of ether oxygens (including phenoxy) is 2. The maximum Gasteiger partial charge on any atom is 0.0704 e. The topological polar surface area (TPSA) is 18.5 Å². The highest BCUT2D eigenvalue weighted by Gasteiger charge is 1.82. The van der Waals surface area contributed by atoms with Gasteiger partial charge in [0, 0.05) is 6.61 Å². The van der Waals surface area contributed by atoms with Crippen molar-refractivity contribution in [3.8, 4) is 0 Å². The first-order chi connectivity index (χ1) is 4.91. The van der Waals surface area contributed by atoms with Crippen LogP contribution >= 0.6 is 0 Å². The normalized spacial score (nSPS) is 11.0. The third kappa shape index (κ3) is 7.66. The summed E-state index contributed by atoms with van der Waals surface area (Å²) in [6.07, 6.45) is 3.95. The molecule has 0 radical (unpaired) electrons. The van der Waals surface area contributed by atoms with Gasteiger partial charge in [-0.25, -0.2) is 0 Å². The van der Waals surface area contributed by atoms with Crippen LogP contribution in [0.1, 0.15) is 13.8 Å². The first-order valence-corrected chi connectivity index (χ1v) is 3.68. The van der Waals surface area contributed by atoms with Crippen LogP contribution in [0.5, 0.6) is 0 Å². The maximum absolute atomic E-state index is 5.16. The Kier molecular flexibility index (Phi) is 8.37. The van der Waals surface area contributed by atoms with E-state index in [4.69, 9.17) is 9.47 Å². The minimum atomic E-state index is 0.693. The lowest BCUT2D eigenvalue weighted by Crippen LogP contribution is -2.03. The molecule has 0 aromatic rings. The monoisotopic (exact) mass is 144 g/mol. The second-order valence-electron chi connectivity index (χ2n) is 1.84. The molecule has 0 aromatic heterocycles. The average molecular weight is 144 g/mol. The molecule has 10 heavy (non-hydrogen) atoms. The van der Waals surface area contributed by atoms with E-state index in [0.29, 0.717) is 19.8 Å². The van der Waals surface area contributed by atoms with Gasteiger partial charge in [-0.05, 0) is 13.8 Å². The largest absolute Gasteiger partial charge is 0.379 e. The van der Waals surface area contributed by atoms with E-state index in [-0.39, 0.29) is 0 Å². The van der Waals surface area contributed by atoms with E-state index in [1.807, 2.05) is 26.0 Å². The molecule has 0 fully saturated rings. The molecule has 0 saturated heterocycles. The van der Waals surface area contributed by atoms with Crippen molar-refractivity contribution in [3.63, 3.8) is 0 Å². The van der Waals surface area contributed by atoms with Crippen molar-refractivity contribution < 1.29 is 9.47 Å². The van der Waals surface area contributed by atoms with Crippen molar-refractivity contribution in [1.82, 2.24) is 0 Å². The van der Waals surface area contributed by atoms with Crippen LogP contribution in [0.3, 0.4) is 0 Å². The molecule has 2 heteroatoms. The summed E-state index contributed by atoms with van der Waals surface area (Å²) in [6.45, 7) is 6.82. The minimum Gasteiger partial charge on any atom is -0.379 e. The summed E-state index contributed by atoms with van der Waals surface area (Å²) in [4.78, 5) is 0. The van der Waals surface area contributed by atoms with Crippen molar-refractivity contribution in [2.45, 2.75) is 13.8 Å². The van der Waals surface area contributed by atoms with Crippen LogP contribution in [0.4, 0.5) is 0 Å². The summed E-state index contributed by atoms with van der Waals surface area (Å²) in [6, 6.07) is 0. The summed E-state index contributed by atoms with van der Waals surface area (Å²) in [5.74, 6) is 0. The highest BCUT2D eigenvalue weighted by Crippen LogP contribution is 1.79. The van der Waals surface area contributed by atoms with Gasteiger partial charge in [0.25, 0.3) is 0 Å². The zero-order chi connectivity index (χ0) is 7.66. The molecule has 0 aliphatic heterocycles. The Labute approximate surface area is 62.8 Å². The van der Waals surface area contributed by atoms with Crippen molar-refractivity contribution in [1.29, 1.82) is 0 Å². The zero-order valence-corrected chi connectivity index (χ0v) is 6.80. The molecule has 0 aliphatic carbocycles. The summed E-state index contributed by atoms with van der Waals surface area (Å²) >= 11 is 0. The molecule has 0 rings (SSSR count). The van der Waals surface area contributed by atoms with Gasteiger partial charge in [-0.15, -0.1) is 0 Å². The third-order valence-corrected chi connectivity index (χ3v) is 1.03. The van der Waals surface area contributed by atoms with Crippen LogP contribution in [-0.4, -0.2) is 26.4 Å². The van der Waals surface area contributed by atoms with Crippen molar-refractivity contribution in [2.24, 2.45) is 0 Å². The summed E-state index contributed by atoms with van der Waals surface area (Å²) < 4.78 is 10.2. The van der Waals surface area contributed by atoms with Crippen LogP contribution in [-0.2, 0) is 9.47 Å². The molecule has 0 spiro atoms. The lowest BCUT2D eigenvalue weighted by Gasteiger charge is -1.99. The molecule has 0 aliphatic rings. The predicted octanol–water partition coefficient (Wildman–Crippen LogP) is 1.62. The van der Waals surface area contributed by atoms with E-state index in [0.717, 1.165) is 6.61 Å². The molecule has 0 saturated carbocycles. The Hall–Kier alpha value is -0.340. The minimum absolute atomic E-state index is 0.693. The fraction of sp³-hybridized carbons (Fsp3) is 0.750. The predicted molar refractivity (Wildman–Crippen MR) is 42.1 cm³/mol. The summed E-state index contributed by atoms with van der Waals surface area (Å²) in [5.41, 5.74) is 0. The Balaban J connectivity index is 2.77. The van der Waals surface area contributed by atoms with Gasteiger partial charge >= 0.3 is 0 Å². The lowest BCUT2D eigenvalue weighted by atomic mass is 10.5. The lowest BCUT2D eigenvalue weighted by molar-refractivity contribution is 0.0643. The Morgan fingerprint density at radius 3 is 2.50 bits per heavy atom. The quantitative estimate of drug-likeness (QED) is 0.416. The number of allylic oxidation sites excluding steroid dienone is 1.